The normalized spacial score (nSPS) is 16.2. The van der Waals surface area contributed by atoms with E-state index in [2.05, 4.69) is 40.7 Å². The number of guanidine groups is 1. The third-order valence-electron chi connectivity index (χ3n) is 5.04. The highest BCUT2D eigenvalue weighted by atomic mass is 127. The number of ether oxygens (including phenoxy) is 1. The Kier molecular flexibility index (Phi) is 9.74. The molecule has 1 atom stereocenters. The predicted molar refractivity (Wildman–Crippen MR) is 133 cm³/mol. The van der Waals surface area contributed by atoms with Crippen LogP contribution in [-0.2, 0) is 6.54 Å². The van der Waals surface area contributed by atoms with Crippen LogP contribution in [-0.4, -0.2) is 38.7 Å². The van der Waals surface area contributed by atoms with Gasteiger partial charge in [-0.3, -0.25) is 0 Å². The molecule has 0 radical (unpaired) electrons. The first-order valence-electron chi connectivity index (χ1n) is 10.1. The van der Waals surface area contributed by atoms with E-state index in [4.69, 9.17) is 15.0 Å². The highest BCUT2D eigenvalue weighted by Gasteiger charge is 2.22. The molecule has 2 N–H and O–H groups in total. The smallest absolute Gasteiger partial charge is 0.191 e. The lowest BCUT2D eigenvalue weighted by molar-refractivity contribution is 0.408. The van der Waals surface area contributed by atoms with Gasteiger partial charge in [0.05, 0.1) is 31.0 Å². The number of anilines is 1. The summed E-state index contributed by atoms with van der Waals surface area (Å²) in [6, 6.07) is 18.2. The first-order valence-corrected chi connectivity index (χ1v) is 10.1. The Labute approximate surface area is 196 Å². The summed E-state index contributed by atoms with van der Waals surface area (Å²) < 4.78 is 5.54. The van der Waals surface area contributed by atoms with Gasteiger partial charge in [-0.1, -0.05) is 24.3 Å². The monoisotopic (exact) mass is 519 g/mol. The molecule has 2 aromatic rings. The van der Waals surface area contributed by atoms with Crippen LogP contribution in [0.25, 0.3) is 0 Å². The van der Waals surface area contributed by atoms with Gasteiger partial charge in [0.2, 0.25) is 0 Å². The Morgan fingerprint density at radius 2 is 2.00 bits per heavy atom. The van der Waals surface area contributed by atoms with Gasteiger partial charge in [0.15, 0.2) is 5.96 Å². The van der Waals surface area contributed by atoms with E-state index in [-0.39, 0.29) is 24.0 Å². The topological polar surface area (TPSA) is 72.7 Å². The lowest BCUT2D eigenvalue weighted by atomic mass is 10.0. The third-order valence-corrected chi connectivity index (χ3v) is 5.04. The Balaban J connectivity index is 0.00000320. The summed E-state index contributed by atoms with van der Waals surface area (Å²) in [6.07, 6.45) is 2.22. The van der Waals surface area contributed by atoms with Crippen LogP contribution in [0.5, 0.6) is 5.75 Å². The number of piperidine rings is 1. The number of nitriles is 1. The summed E-state index contributed by atoms with van der Waals surface area (Å²) in [6.45, 7) is 5.38. The lowest BCUT2D eigenvalue weighted by Crippen LogP contribution is -2.51. The maximum Gasteiger partial charge on any atom is 0.191 e. The van der Waals surface area contributed by atoms with Crippen LogP contribution in [0, 0.1) is 11.3 Å². The SMILES string of the molecule is CCNC(=NCc1ccc(C#N)cc1)NC1CCCN(c2ccccc2OC)C1.I. The Morgan fingerprint density at radius 1 is 1.23 bits per heavy atom. The fraction of sp³-hybridized carbons (Fsp3) is 0.391. The van der Waals surface area contributed by atoms with E-state index in [9.17, 15) is 0 Å². The molecule has 1 aliphatic rings. The Morgan fingerprint density at radius 3 is 2.70 bits per heavy atom. The molecule has 0 saturated carbocycles. The largest absolute Gasteiger partial charge is 0.495 e. The summed E-state index contributed by atoms with van der Waals surface area (Å²) in [4.78, 5) is 7.11. The molecular formula is C23H30IN5O. The quantitative estimate of drug-likeness (QED) is 0.344. The van der Waals surface area contributed by atoms with Gasteiger partial charge in [-0.05, 0) is 49.6 Å². The molecule has 1 unspecified atom stereocenters. The predicted octanol–water partition coefficient (Wildman–Crippen LogP) is 3.91. The lowest BCUT2D eigenvalue weighted by Gasteiger charge is -2.36. The second-order valence-corrected chi connectivity index (χ2v) is 7.11. The van der Waals surface area contributed by atoms with Crippen molar-refractivity contribution in [2.24, 2.45) is 4.99 Å². The van der Waals surface area contributed by atoms with Gasteiger partial charge in [-0.2, -0.15) is 5.26 Å². The summed E-state index contributed by atoms with van der Waals surface area (Å²) in [5, 5.41) is 15.9. The number of benzene rings is 2. The number of aliphatic imine (C=N–C) groups is 1. The molecule has 0 aliphatic carbocycles. The average molecular weight is 519 g/mol. The molecule has 0 amide bonds. The molecular weight excluding hydrogens is 489 g/mol. The summed E-state index contributed by atoms with van der Waals surface area (Å²) in [7, 11) is 1.72. The summed E-state index contributed by atoms with van der Waals surface area (Å²) >= 11 is 0. The van der Waals surface area contributed by atoms with Gasteiger partial charge in [0.1, 0.15) is 5.75 Å². The first kappa shape index (κ1) is 23.8. The number of halogens is 1. The zero-order chi connectivity index (χ0) is 20.5. The van der Waals surface area contributed by atoms with E-state index in [0.717, 1.165) is 55.4 Å². The van der Waals surface area contributed by atoms with Gasteiger partial charge in [0, 0.05) is 25.7 Å². The van der Waals surface area contributed by atoms with E-state index >= 15 is 0 Å². The number of para-hydroxylation sites is 2. The van der Waals surface area contributed by atoms with Gasteiger partial charge in [-0.25, -0.2) is 4.99 Å². The number of nitrogens with one attached hydrogen (secondary N) is 2. The standard InChI is InChI=1S/C23H29N5O.HI/c1-3-25-23(26-16-19-12-10-18(15-24)11-13-19)27-20-7-6-14-28(17-20)21-8-4-5-9-22(21)29-2;/h4-5,8-13,20H,3,6-7,14,16-17H2,1-2H3,(H2,25,26,27);1H. The number of nitrogens with zero attached hydrogens (tertiary/aromatic N) is 3. The van der Waals surface area contributed by atoms with Crippen LogP contribution in [0.4, 0.5) is 5.69 Å². The molecule has 6 nitrogen and oxygen atoms in total. The van der Waals surface area contributed by atoms with Crippen LogP contribution < -0.4 is 20.3 Å². The van der Waals surface area contributed by atoms with E-state index < -0.39 is 0 Å². The van der Waals surface area contributed by atoms with Gasteiger partial charge >= 0.3 is 0 Å². The van der Waals surface area contributed by atoms with Crippen molar-refractivity contribution in [3.8, 4) is 11.8 Å². The molecule has 1 aliphatic heterocycles. The zero-order valence-corrected chi connectivity index (χ0v) is 19.9. The number of rotatable bonds is 6. The number of hydrogen-bond donors (Lipinski definition) is 2. The van der Waals surface area contributed by atoms with Gasteiger partial charge in [-0.15, -0.1) is 24.0 Å². The minimum absolute atomic E-state index is 0. The number of methoxy groups -OCH3 is 1. The van der Waals surface area contributed by atoms with E-state index in [1.165, 1.54) is 0 Å². The molecule has 2 aromatic carbocycles. The minimum atomic E-state index is 0. The minimum Gasteiger partial charge on any atom is -0.495 e. The van der Waals surface area contributed by atoms with Crippen LogP contribution >= 0.6 is 24.0 Å². The third kappa shape index (κ3) is 6.52. The molecule has 0 bridgehead atoms. The Bertz CT molecular complexity index is 863. The summed E-state index contributed by atoms with van der Waals surface area (Å²) in [5.41, 5.74) is 2.89. The van der Waals surface area contributed by atoms with Crippen LogP contribution in [0.15, 0.2) is 53.5 Å². The molecule has 0 aromatic heterocycles. The van der Waals surface area contributed by atoms with Crippen molar-refractivity contribution in [2.45, 2.75) is 32.4 Å². The zero-order valence-electron chi connectivity index (χ0n) is 17.6. The van der Waals surface area contributed by atoms with Crippen molar-refractivity contribution in [3.63, 3.8) is 0 Å². The van der Waals surface area contributed by atoms with E-state index in [0.29, 0.717) is 18.2 Å². The maximum atomic E-state index is 8.93. The van der Waals surface area contributed by atoms with Crippen molar-refractivity contribution in [2.75, 3.05) is 31.6 Å². The highest BCUT2D eigenvalue weighted by Crippen LogP contribution is 2.29. The van der Waals surface area contributed by atoms with Gasteiger partial charge in [0.25, 0.3) is 0 Å². The second kappa shape index (κ2) is 12.3. The fourth-order valence-electron chi connectivity index (χ4n) is 3.57. The molecule has 160 valence electrons. The molecule has 0 spiro atoms. The van der Waals surface area contributed by atoms with Crippen molar-refractivity contribution < 1.29 is 4.74 Å². The molecule has 7 heteroatoms. The van der Waals surface area contributed by atoms with E-state index in [1.807, 2.05) is 36.4 Å². The molecule has 1 fully saturated rings. The molecule has 1 heterocycles. The van der Waals surface area contributed by atoms with Crippen LogP contribution in [0.3, 0.4) is 0 Å². The Hall–Kier alpha value is -2.47. The number of hydrogen-bond acceptors (Lipinski definition) is 4. The van der Waals surface area contributed by atoms with Gasteiger partial charge < -0.3 is 20.3 Å². The van der Waals surface area contributed by atoms with Crippen molar-refractivity contribution >= 4 is 35.6 Å². The summed E-state index contributed by atoms with van der Waals surface area (Å²) in [5.74, 6) is 1.73. The molecule has 3 rings (SSSR count). The maximum absolute atomic E-state index is 8.93. The highest BCUT2D eigenvalue weighted by molar-refractivity contribution is 14.0. The van der Waals surface area contributed by atoms with E-state index in [1.54, 1.807) is 7.11 Å². The van der Waals surface area contributed by atoms with Crippen LogP contribution in [0.1, 0.15) is 30.9 Å². The second-order valence-electron chi connectivity index (χ2n) is 7.11. The molecule has 30 heavy (non-hydrogen) atoms. The van der Waals surface area contributed by atoms with Crippen molar-refractivity contribution in [3.05, 3.63) is 59.7 Å². The molecule has 1 saturated heterocycles. The van der Waals surface area contributed by atoms with Crippen molar-refractivity contribution in [1.29, 1.82) is 5.26 Å². The average Bonchev–Trinajstić information content (AvgIpc) is 2.78. The van der Waals surface area contributed by atoms with Crippen molar-refractivity contribution in [1.82, 2.24) is 10.6 Å². The fourth-order valence-corrected chi connectivity index (χ4v) is 3.57. The first-order chi connectivity index (χ1) is 14.2. The van der Waals surface area contributed by atoms with Crippen LogP contribution in [0.2, 0.25) is 0 Å².